The van der Waals surface area contributed by atoms with Crippen LogP contribution in [0.15, 0.2) is 42.5 Å². The van der Waals surface area contributed by atoms with Crippen LogP contribution in [-0.2, 0) is 14.8 Å². The molecule has 0 saturated heterocycles. The number of amides is 1. The van der Waals surface area contributed by atoms with Gasteiger partial charge in [-0.05, 0) is 50.2 Å². The van der Waals surface area contributed by atoms with Crippen molar-refractivity contribution in [1.82, 2.24) is 0 Å². The van der Waals surface area contributed by atoms with Crippen molar-refractivity contribution >= 4 is 27.3 Å². The molecular weight excluding hydrogens is 378 g/mol. The lowest BCUT2D eigenvalue weighted by atomic mass is 10.2. The number of nitrogens with one attached hydrogen (secondary N) is 1. The molecule has 0 spiro atoms. The highest BCUT2D eigenvalue weighted by Crippen LogP contribution is 2.24. The van der Waals surface area contributed by atoms with Crippen LogP contribution in [0.5, 0.6) is 5.75 Å². The quantitative estimate of drug-likeness (QED) is 0.777. The zero-order valence-electron chi connectivity index (χ0n) is 15.1. The van der Waals surface area contributed by atoms with Crippen LogP contribution in [0, 0.1) is 11.6 Å². The second-order valence-electron chi connectivity index (χ2n) is 5.78. The molecule has 0 heterocycles. The van der Waals surface area contributed by atoms with Gasteiger partial charge in [-0.1, -0.05) is 0 Å². The van der Waals surface area contributed by atoms with E-state index in [9.17, 15) is 22.0 Å². The van der Waals surface area contributed by atoms with Crippen LogP contribution in [0.2, 0.25) is 0 Å². The van der Waals surface area contributed by atoms with Crippen molar-refractivity contribution in [2.45, 2.75) is 19.9 Å². The van der Waals surface area contributed by atoms with Gasteiger partial charge in [0.05, 0.1) is 18.6 Å². The zero-order valence-corrected chi connectivity index (χ0v) is 15.9. The first-order valence-electron chi connectivity index (χ1n) is 8.11. The van der Waals surface area contributed by atoms with Gasteiger partial charge in [0.15, 0.2) is 11.6 Å². The molecular formula is C18H20F2N2O4S. The fourth-order valence-electron chi connectivity index (χ4n) is 2.49. The largest absolute Gasteiger partial charge is 0.494 e. The second-order valence-corrected chi connectivity index (χ2v) is 7.64. The monoisotopic (exact) mass is 398 g/mol. The van der Waals surface area contributed by atoms with Gasteiger partial charge < -0.3 is 10.1 Å². The van der Waals surface area contributed by atoms with E-state index in [0.717, 1.165) is 22.7 Å². The van der Waals surface area contributed by atoms with Gasteiger partial charge in [-0.15, -0.1) is 0 Å². The topological polar surface area (TPSA) is 75.7 Å². The Kier molecular flexibility index (Phi) is 6.37. The van der Waals surface area contributed by atoms with Gasteiger partial charge >= 0.3 is 0 Å². The molecule has 0 aliphatic heterocycles. The summed E-state index contributed by atoms with van der Waals surface area (Å²) in [6, 6.07) is 7.98. The van der Waals surface area contributed by atoms with Gasteiger partial charge in [0, 0.05) is 11.8 Å². The smallest absolute Gasteiger partial charge is 0.247 e. The molecule has 0 saturated carbocycles. The number of nitrogens with zero attached hydrogens (tertiary/aromatic N) is 1. The van der Waals surface area contributed by atoms with E-state index in [-0.39, 0.29) is 11.4 Å². The van der Waals surface area contributed by atoms with Crippen LogP contribution < -0.4 is 14.4 Å². The molecule has 2 aromatic carbocycles. The average molecular weight is 398 g/mol. The molecule has 1 atom stereocenters. The fourth-order valence-corrected chi connectivity index (χ4v) is 3.66. The van der Waals surface area contributed by atoms with E-state index < -0.39 is 33.6 Å². The number of carbonyl (C=O) groups is 1. The van der Waals surface area contributed by atoms with Crippen LogP contribution in [-0.4, -0.2) is 33.2 Å². The Hall–Kier alpha value is -2.68. The summed E-state index contributed by atoms with van der Waals surface area (Å²) in [4.78, 5) is 12.5. The van der Waals surface area contributed by atoms with Crippen LogP contribution in [0.1, 0.15) is 13.8 Å². The van der Waals surface area contributed by atoms with Gasteiger partial charge in [-0.3, -0.25) is 9.10 Å². The molecule has 146 valence electrons. The minimum atomic E-state index is -3.80. The standard InChI is InChI=1S/C18H20F2N2O4S/c1-4-26-15-8-6-14(7-9-15)22(27(3,24)25)12(2)18(23)21-13-5-10-16(19)17(20)11-13/h5-12H,4H2,1-3H3,(H,21,23)/t12-/m0/s1. The van der Waals surface area contributed by atoms with Crippen LogP contribution >= 0.6 is 0 Å². The first-order valence-corrected chi connectivity index (χ1v) is 9.96. The van der Waals surface area contributed by atoms with E-state index in [1.807, 2.05) is 6.92 Å². The number of sulfonamides is 1. The van der Waals surface area contributed by atoms with Crippen molar-refractivity contribution in [2.24, 2.45) is 0 Å². The highest BCUT2D eigenvalue weighted by Gasteiger charge is 2.29. The summed E-state index contributed by atoms with van der Waals surface area (Å²) in [6.07, 6.45) is 0.977. The Morgan fingerprint density at radius 3 is 2.30 bits per heavy atom. The summed E-state index contributed by atoms with van der Waals surface area (Å²) in [5.74, 6) is -2.30. The molecule has 0 fully saturated rings. The average Bonchev–Trinajstić information content (AvgIpc) is 2.59. The van der Waals surface area contributed by atoms with Gasteiger partial charge in [0.25, 0.3) is 0 Å². The maximum absolute atomic E-state index is 13.3. The predicted octanol–water partition coefficient (Wildman–Crippen LogP) is 3.16. The van der Waals surface area contributed by atoms with E-state index in [1.165, 1.54) is 25.1 Å². The molecule has 9 heteroatoms. The lowest BCUT2D eigenvalue weighted by molar-refractivity contribution is -0.116. The van der Waals surface area contributed by atoms with Gasteiger partial charge in [0.1, 0.15) is 11.8 Å². The fraction of sp³-hybridized carbons (Fsp3) is 0.278. The van der Waals surface area contributed by atoms with Crippen molar-refractivity contribution in [2.75, 3.05) is 22.5 Å². The minimum absolute atomic E-state index is 0.0193. The van der Waals surface area contributed by atoms with Crippen molar-refractivity contribution < 1.29 is 26.7 Å². The molecule has 0 aromatic heterocycles. The van der Waals surface area contributed by atoms with E-state index in [0.29, 0.717) is 12.4 Å². The molecule has 1 N–H and O–H groups in total. The highest BCUT2D eigenvalue weighted by molar-refractivity contribution is 7.92. The molecule has 0 aliphatic rings. The number of hydrogen-bond donors (Lipinski definition) is 1. The number of anilines is 2. The SMILES string of the molecule is CCOc1ccc(N([C@@H](C)C(=O)Nc2ccc(F)c(F)c2)S(C)(=O)=O)cc1. The molecule has 0 aliphatic carbocycles. The van der Waals surface area contributed by atoms with E-state index in [4.69, 9.17) is 4.74 Å². The first-order chi connectivity index (χ1) is 12.6. The third kappa shape index (κ3) is 5.16. The summed E-state index contributed by atoms with van der Waals surface area (Å²) in [5.41, 5.74) is 0.291. The maximum atomic E-state index is 13.3. The highest BCUT2D eigenvalue weighted by atomic mass is 32.2. The molecule has 0 radical (unpaired) electrons. The van der Waals surface area contributed by atoms with Gasteiger partial charge in [0.2, 0.25) is 15.9 Å². The molecule has 6 nitrogen and oxygen atoms in total. The predicted molar refractivity (Wildman–Crippen MR) is 99.4 cm³/mol. The summed E-state index contributed by atoms with van der Waals surface area (Å²) in [6.45, 7) is 3.68. The lowest BCUT2D eigenvalue weighted by Crippen LogP contribution is -2.45. The van der Waals surface area contributed by atoms with E-state index in [2.05, 4.69) is 5.32 Å². The second kappa shape index (κ2) is 8.34. The van der Waals surface area contributed by atoms with Crippen LogP contribution in [0.25, 0.3) is 0 Å². The summed E-state index contributed by atoms with van der Waals surface area (Å²) < 4.78 is 57.1. The summed E-state index contributed by atoms with van der Waals surface area (Å²) in [7, 11) is -3.80. The molecule has 1 amide bonds. The third-order valence-electron chi connectivity index (χ3n) is 3.68. The Balaban J connectivity index is 2.27. The first kappa shape index (κ1) is 20.6. The molecule has 0 bridgehead atoms. The van der Waals surface area contributed by atoms with Gasteiger partial charge in [-0.2, -0.15) is 0 Å². The van der Waals surface area contributed by atoms with Crippen molar-refractivity contribution in [3.05, 3.63) is 54.1 Å². The molecule has 2 rings (SSSR count). The van der Waals surface area contributed by atoms with Crippen molar-refractivity contribution in [3.63, 3.8) is 0 Å². The molecule has 0 unspecified atom stereocenters. The number of halogens is 2. The molecule has 2 aromatic rings. The normalized spacial score (nSPS) is 12.3. The van der Waals surface area contributed by atoms with Crippen molar-refractivity contribution in [3.8, 4) is 5.75 Å². The number of benzene rings is 2. The Morgan fingerprint density at radius 2 is 1.78 bits per heavy atom. The Morgan fingerprint density at radius 1 is 1.15 bits per heavy atom. The summed E-state index contributed by atoms with van der Waals surface area (Å²) in [5, 5.41) is 2.39. The van der Waals surface area contributed by atoms with Crippen LogP contribution in [0.3, 0.4) is 0 Å². The lowest BCUT2D eigenvalue weighted by Gasteiger charge is -2.28. The van der Waals surface area contributed by atoms with Crippen LogP contribution in [0.4, 0.5) is 20.2 Å². The number of carbonyl (C=O) groups excluding carboxylic acids is 1. The zero-order chi connectivity index (χ0) is 20.2. The number of rotatable bonds is 7. The third-order valence-corrected chi connectivity index (χ3v) is 4.92. The van der Waals surface area contributed by atoms with Crippen molar-refractivity contribution in [1.29, 1.82) is 0 Å². The Bertz CT molecular complexity index is 917. The van der Waals surface area contributed by atoms with E-state index in [1.54, 1.807) is 12.1 Å². The maximum Gasteiger partial charge on any atom is 0.247 e. The summed E-state index contributed by atoms with van der Waals surface area (Å²) >= 11 is 0. The Labute approximate surface area is 156 Å². The number of ether oxygens (including phenoxy) is 1. The van der Waals surface area contributed by atoms with E-state index >= 15 is 0 Å². The minimum Gasteiger partial charge on any atom is -0.494 e. The van der Waals surface area contributed by atoms with Gasteiger partial charge in [-0.25, -0.2) is 17.2 Å². The molecule has 27 heavy (non-hydrogen) atoms. The number of hydrogen-bond acceptors (Lipinski definition) is 4.